The van der Waals surface area contributed by atoms with Gasteiger partial charge in [0.2, 0.25) is 17.7 Å². The lowest BCUT2D eigenvalue weighted by Crippen LogP contribution is -2.14. The summed E-state index contributed by atoms with van der Waals surface area (Å²) in [5.74, 6) is 1.89. The number of thiophene rings is 1. The van der Waals surface area contributed by atoms with Gasteiger partial charge < -0.3 is 14.3 Å². The highest BCUT2D eigenvalue weighted by molar-refractivity contribution is 7.08. The summed E-state index contributed by atoms with van der Waals surface area (Å²) in [6.45, 7) is 5.91. The normalized spacial score (nSPS) is 11.2. The van der Waals surface area contributed by atoms with Crippen molar-refractivity contribution in [3.63, 3.8) is 0 Å². The van der Waals surface area contributed by atoms with E-state index in [0.29, 0.717) is 41.2 Å². The fraction of sp³-hybridized carbons (Fsp3) is 0.286. The Morgan fingerprint density at radius 1 is 1.20 bits per heavy atom. The first-order valence-corrected chi connectivity index (χ1v) is 10.5. The second kappa shape index (κ2) is 8.58. The van der Waals surface area contributed by atoms with Gasteiger partial charge in [0.25, 0.3) is 5.89 Å². The summed E-state index contributed by atoms with van der Waals surface area (Å²) in [6, 6.07) is 7.58. The van der Waals surface area contributed by atoms with Crippen LogP contribution < -0.4 is 5.32 Å². The first-order valence-electron chi connectivity index (χ1n) is 9.59. The smallest absolute Gasteiger partial charge is 0.260 e. The number of para-hydroxylation sites is 1. The van der Waals surface area contributed by atoms with Gasteiger partial charge in [-0.05, 0) is 30.0 Å². The monoisotopic (exact) mass is 423 g/mol. The molecular formula is C21H21N5O3S. The Morgan fingerprint density at radius 3 is 2.80 bits per heavy atom. The maximum absolute atomic E-state index is 12.6. The van der Waals surface area contributed by atoms with Crippen molar-refractivity contribution in [1.82, 2.24) is 20.3 Å². The zero-order valence-electron chi connectivity index (χ0n) is 16.9. The fourth-order valence-electron chi connectivity index (χ4n) is 2.87. The quantitative estimate of drug-likeness (QED) is 0.453. The lowest BCUT2D eigenvalue weighted by Gasteiger charge is -2.11. The van der Waals surface area contributed by atoms with E-state index in [-0.39, 0.29) is 18.2 Å². The average Bonchev–Trinajstić information content (AvgIpc) is 3.48. The SMILES string of the molecule is Cc1cccc(-c2nc(C(C)C)no2)c1NC(=O)CCc1nnc(-c2ccsc2)o1. The van der Waals surface area contributed by atoms with Gasteiger partial charge in [0.15, 0.2) is 5.82 Å². The highest BCUT2D eigenvalue weighted by atomic mass is 32.1. The van der Waals surface area contributed by atoms with Crippen molar-refractivity contribution in [2.75, 3.05) is 5.32 Å². The van der Waals surface area contributed by atoms with Gasteiger partial charge in [-0.3, -0.25) is 4.79 Å². The van der Waals surface area contributed by atoms with Crippen LogP contribution in [0.25, 0.3) is 22.9 Å². The highest BCUT2D eigenvalue weighted by Gasteiger charge is 2.18. The van der Waals surface area contributed by atoms with Crippen molar-refractivity contribution in [3.05, 3.63) is 52.3 Å². The maximum Gasteiger partial charge on any atom is 0.260 e. The van der Waals surface area contributed by atoms with Crippen LogP contribution in [0.2, 0.25) is 0 Å². The number of carbonyl (C=O) groups is 1. The van der Waals surface area contributed by atoms with Gasteiger partial charge in [0.05, 0.1) is 11.3 Å². The van der Waals surface area contributed by atoms with Crippen molar-refractivity contribution in [2.45, 2.75) is 39.5 Å². The van der Waals surface area contributed by atoms with Crippen molar-refractivity contribution in [2.24, 2.45) is 0 Å². The highest BCUT2D eigenvalue weighted by Crippen LogP contribution is 2.30. The number of aryl methyl sites for hydroxylation is 2. The molecule has 0 bridgehead atoms. The fourth-order valence-corrected chi connectivity index (χ4v) is 3.50. The first kappa shape index (κ1) is 20.0. The molecule has 0 aliphatic heterocycles. The van der Waals surface area contributed by atoms with Gasteiger partial charge in [0, 0.05) is 29.7 Å². The van der Waals surface area contributed by atoms with E-state index in [2.05, 4.69) is 25.7 Å². The molecule has 0 fully saturated rings. The van der Waals surface area contributed by atoms with Gasteiger partial charge in [-0.1, -0.05) is 31.1 Å². The molecule has 9 heteroatoms. The predicted octanol–water partition coefficient (Wildman–Crippen LogP) is 4.85. The zero-order valence-corrected chi connectivity index (χ0v) is 17.7. The summed E-state index contributed by atoms with van der Waals surface area (Å²) in [5, 5.41) is 18.9. The molecule has 0 atom stereocenters. The van der Waals surface area contributed by atoms with E-state index < -0.39 is 0 Å². The number of benzene rings is 1. The Hall–Kier alpha value is -3.33. The number of hydrogen-bond donors (Lipinski definition) is 1. The van der Waals surface area contributed by atoms with Crippen LogP contribution >= 0.6 is 11.3 Å². The molecule has 3 aromatic heterocycles. The van der Waals surface area contributed by atoms with Crippen molar-refractivity contribution < 1.29 is 13.7 Å². The molecule has 4 rings (SSSR count). The molecule has 0 aliphatic carbocycles. The Kier molecular flexibility index (Phi) is 5.71. The second-order valence-corrected chi connectivity index (χ2v) is 7.95. The van der Waals surface area contributed by atoms with E-state index >= 15 is 0 Å². The molecule has 0 spiro atoms. The minimum Gasteiger partial charge on any atom is -0.421 e. The molecule has 1 aromatic carbocycles. The number of nitrogens with zero attached hydrogens (tertiary/aromatic N) is 4. The van der Waals surface area contributed by atoms with E-state index in [4.69, 9.17) is 8.94 Å². The first-order chi connectivity index (χ1) is 14.5. The number of carbonyl (C=O) groups excluding carboxylic acids is 1. The Morgan fingerprint density at radius 2 is 2.07 bits per heavy atom. The van der Waals surface area contributed by atoms with Crippen LogP contribution in [0.15, 0.2) is 44.0 Å². The van der Waals surface area contributed by atoms with Crippen LogP contribution in [-0.2, 0) is 11.2 Å². The molecule has 30 heavy (non-hydrogen) atoms. The Bertz CT molecular complexity index is 1150. The second-order valence-electron chi connectivity index (χ2n) is 7.17. The predicted molar refractivity (Wildman–Crippen MR) is 113 cm³/mol. The van der Waals surface area contributed by atoms with E-state index in [0.717, 1.165) is 11.1 Å². The molecule has 154 valence electrons. The van der Waals surface area contributed by atoms with Gasteiger partial charge >= 0.3 is 0 Å². The van der Waals surface area contributed by atoms with Crippen LogP contribution in [0.1, 0.15) is 43.5 Å². The largest absolute Gasteiger partial charge is 0.421 e. The third kappa shape index (κ3) is 4.30. The van der Waals surface area contributed by atoms with Crippen LogP contribution in [0.5, 0.6) is 0 Å². The Balaban J connectivity index is 1.45. The lowest BCUT2D eigenvalue weighted by molar-refractivity contribution is -0.116. The molecule has 8 nitrogen and oxygen atoms in total. The molecule has 0 aliphatic rings. The number of amides is 1. The summed E-state index contributed by atoms with van der Waals surface area (Å²) >= 11 is 1.56. The van der Waals surface area contributed by atoms with Crippen molar-refractivity contribution in [3.8, 4) is 22.9 Å². The van der Waals surface area contributed by atoms with E-state index in [9.17, 15) is 4.79 Å². The van der Waals surface area contributed by atoms with Crippen molar-refractivity contribution >= 4 is 22.9 Å². The van der Waals surface area contributed by atoms with Gasteiger partial charge in [-0.15, -0.1) is 10.2 Å². The van der Waals surface area contributed by atoms with E-state index in [1.165, 1.54) is 0 Å². The van der Waals surface area contributed by atoms with E-state index in [1.807, 2.05) is 55.8 Å². The third-order valence-electron chi connectivity index (χ3n) is 4.53. The van der Waals surface area contributed by atoms with Crippen LogP contribution in [0, 0.1) is 6.92 Å². The molecule has 0 radical (unpaired) electrons. The minimum absolute atomic E-state index is 0.152. The topological polar surface area (TPSA) is 107 Å². The summed E-state index contributed by atoms with van der Waals surface area (Å²) in [6.07, 6.45) is 0.558. The third-order valence-corrected chi connectivity index (χ3v) is 5.21. The number of anilines is 1. The molecule has 0 saturated carbocycles. The maximum atomic E-state index is 12.6. The van der Waals surface area contributed by atoms with Gasteiger partial charge in [0.1, 0.15) is 0 Å². The summed E-state index contributed by atoms with van der Waals surface area (Å²) < 4.78 is 11.1. The number of aromatic nitrogens is 4. The summed E-state index contributed by atoms with van der Waals surface area (Å²) in [5.41, 5.74) is 3.14. The summed E-state index contributed by atoms with van der Waals surface area (Å²) in [4.78, 5) is 17.1. The van der Waals surface area contributed by atoms with Gasteiger partial charge in [-0.2, -0.15) is 16.3 Å². The molecule has 0 unspecified atom stereocenters. The minimum atomic E-state index is -0.163. The molecule has 1 N–H and O–H groups in total. The average molecular weight is 423 g/mol. The van der Waals surface area contributed by atoms with Crippen molar-refractivity contribution in [1.29, 1.82) is 0 Å². The molecule has 4 aromatic rings. The Labute approximate surface area is 177 Å². The lowest BCUT2D eigenvalue weighted by atomic mass is 10.1. The van der Waals surface area contributed by atoms with Crippen LogP contribution in [0.4, 0.5) is 5.69 Å². The standard InChI is InChI=1S/C21H21N5O3S/c1-12(2)19-23-21(29-26-19)15-6-4-5-13(3)18(15)22-16(27)7-8-17-24-25-20(28-17)14-9-10-30-11-14/h4-6,9-12H,7-8H2,1-3H3,(H,22,27). The number of rotatable bonds is 7. The number of hydrogen-bond acceptors (Lipinski definition) is 8. The molecule has 3 heterocycles. The zero-order chi connectivity index (χ0) is 21.1. The molecule has 0 saturated heterocycles. The van der Waals surface area contributed by atoms with Gasteiger partial charge in [-0.25, -0.2) is 0 Å². The van der Waals surface area contributed by atoms with Crippen LogP contribution in [-0.4, -0.2) is 26.2 Å². The molecule has 1 amide bonds. The molecular weight excluding hydrogens is 402 g/mol. The number of nitrogens with one attached hydrogen (secondary N) is 1. The summed E-state index contributed by atoms with van der Waals surface area (Å²) in [7, 11) is 0. The van der Waals surface area contributed by atoms with E-state index in [1.54, 1.807) is 11.3 Å². The van der Waals surface area contributed by atoms with Crippen LogP contribution in [0.3, 0.4) is 0 Å².